The van der Waals surface area contributed by atoms with Gasteiger partial charge in [0.1, 0.15) is 0 Å². The highest BCUT2D eigenvalue weighted by molar-refractivity contribution is 9.10. The SMILES string of the molecule is Cc1nn(Cc2ccc(Cl)cc2Cl)c(C)c1NC(=S)Nc1nn(Cc2ccc(Cl)c(Cl)c2)cc1Br. The third-order valence-electron chi connectivity index (χ3n) is 5.23. The first kappa shape index (κ1) is 26.3. The van der Waals surface area contributed by atoms with Crippen molar-refractivity contribution in [3.05, 3.63) is 89.7 Å². The van der Waals surface area contributed by atoms with Crippen LogP contribution in [0.1, 0.15) is 22.5 Å². The van der Waals surface area contributed by atoms with Crippen LogP contribution in [0.5, 0.6) is 0 Å². The molecule has 0 saturated heterocycles. The van der Waals surface area contributed by atoms with Gasteiger partial charge >= 0.3 is 0 Å². The second-order valence-electron chi connectivity index (χ2n) is 7.79. The van der Waals surface area contributed by atoms with Gasteiger partial charge in [0.25, 0.3) is 0 Å². The van der Waals surface area contributed by atoms with Crippen LogP contribution in [-0.4, -0.2) is 24.7 Å². The molecule has 0 spiro atoms. The van der Waals surface area contributed by atoms with Crippen LogP contribution in [0.3, 0.4) is 0 Å². The molecule has 0 aliphatic carbocycles. The monoisotopic (exact) mass is 630 g/mol. The van der Waals surface area contributed by atoms with E-state index in [9.17, 15) is 0 Å². The van der Waals surface area contributed by atoms with Gasteiger partial charge in [-0.15, -0.1) is 0 Å². The number of aromatic nitrogens is 4. The van der Waals surface area contributed by atoms with Gasteiger partial charge in [0.2, 0.25) is 0 Å². The molecule has 0 fully saturated rings. The van der Waals surface area contributed by atoms with Gasteiger partial charge in [0.15, 0.2) is 10.9 Å². The molecule has 0 radical (unpaired) electrons. The average Bonchev–Trinajstić information content (AvgIpc) is 3.25. The number of benzene rings is 2. The Morgan fingerprint density at radius 1 is 0.943 bits per heavy atom. The Balaban J connectivity index is 1.44. The molecular formula is C23H19BrCl4N6S. The molecule has 2 aromatic heterocycles. The molecular weight excluding hydrogens is 614 g/mol. The number of hydrogen-bond donors (Lipinski definition) is 2. The number of nitrogens with zero attached hydrogens (tertiary/aromatic N) is 4. The first-order valence-corrected chi connectivity index (χ1v) is 13.0. The van der Waals surface area contributed by atoms with E-state index in [-0.39, 0.29) is 0 Å². The summed E-state index contributed by atoms with van der Waals surface area (Å²) in [5.74, 6) is 0.582. The number of anilines is 2. The highest BCUT2D eigenvalue weighted by Gasteiger charge is 2.16. The highest BCUT2D eigenvalue weighted by atomic mass is 79.9. The van der Waals surface area contributed by atoms with Gasteiger partial charge in [-0.3, -0.25) is 9.36 Å². The van der Waals surface area contributed by atoms with Gasteiger partial charge < -0.3 is 10.6 Å². The molecule has 6 nitrogen and oxygen atoms in total. The number of rotatable bonds is 6. The maximum absolute atomic E-state index is 6.34. The molecule has 2 heterocycles. The van der Waals surface area contributed by atoms with Crippen LogP contribution < -0.4 is 10.6 Å². The molecule has 4 aromatic rings. The predicted molar refractivity (Wildman–Crippen MR) is 153 cm³/mol. The summed E-state index contributed by atoms with van der Waals surface area (Å²) >= 11 is 33.6. The Labute approximate surface area is 236 Å². The number of hydrogen-bond acceptors (Lipinski definition) is 3. The quantitative estimate of drug-likeness (QED) is 0.211. The fraction of sp³-hybridized carbons (Fsp3) is 0.174. The zero-order chi connectivity index (χ0) is 25.3. The van der Waals surface area contributed by atoms with Crippen LogP contribution in [0.25, 0.3) is 0 Å². The molecule has 12 heteroatoms. The Morgan fingerprint density at radius 3 is 2.43 bits per heavy atom. The molecule has 35 heavy (non-hydrogen) atoms. The van der Waals surface area contributed by atoms with E-state index in [1.165, 1.54) is 0 Å². The lowest BCUT2D eigenvalue weighted by Crippen LogP contribution is -2.20. The molecule has 182 valence electrons. The summed E-state index contributed by atoms with van der Waals surface area (Å²) in [5.41, 5.74) is 4.44. The third-order valence-corrected chi connectivity index (χ3v) is 7.34. The molecule has 2 N–H and O–H groups in total. The minimum absolute atomic E-state index is 0.390. The summed E-state index contributed by atoms with van der Waals surface area (Å²) in [4.78, 5) is 0. The molecule has 0 atom stereocenters. The Hall–Kier alpha value is -1.81. The fourth-order valence-electron chi connectivity index (χ4n) is 3.48. The smallest absolute Gasteiger partial charge is 0.176 e. The Bertz CT molecular complexity index is 1420. The maximum atomic E-state index is 6.34. The number of aryl methyl sites for hydroxylation is 1. The Kier molecular flexibility index (Phi) is 8.30. The minimum atomic E-state index is 0.390. The zero-order valence-electron chi connectivity index (χ0n) is 18.5. The van der Waals surface area contributed by atoms with Crippen LogP contribution in [0.4, 0.5) is 11.5 Å². The first-order valence-electron chi connectivity index (χ1n) is 10.3. The average molecular weight is 633 g/mol. The second-order valence-corrected chi connectivity index (χ2v) is 10.7. The second kappa shape index (κ2) is 11.1. The molecule has 0 bridgehead atoms. The van der Waals surface area contributed by atoms with Gasteiger partial charge in [-0.1, -0.05) is 58.5 Å². The van der Waals surface area contributed by atoms with Crippen molar-refractivity contribution in [1.82, 2.24) is 19.6 Å². The van der Waals surface area contributed by atoms with E-state index in [0.29, 0.717) is 44.1 Å². The van der Waals surface area contributed by atoms with E-state index in [1.807, 2.05) is 49.0 Å². The summed E-state index contributed by atoms with van der Waals surface area (Å²) in [6.07, 6.45) is 1.86. The van der Waals surface area contributed by atoms with Gasteiger partial charge in [-0.2, -0.15) is 10.2 Å². The zero-order valence-corrected chi connectivity index (χ0v) is 24.0. The summed E-state index contributed by atoms with van der Waals surface area (Å²) in [5, 5.41) is 18.2. The fourth-order valence-corrected chi connectivity index (χ4v) is 4.89. The van der Waals surface area contributed by atoms with Crippen molar-refractivity contribution in [3.8, 4) is 0 Å². The molecule has 4 rings (SSSR count). The molecule has 2 aromatic carbocycles. The van der Waals surface area contributed by atoms with E-state index in [1.54, 1.807) is 16.8 Å². The highest BCUT2D eigenvalue weighted by Crippen LogP contribution is 2.27. The van der Waals surface area contributed by atoms with Crippen molar-refractivity contribution in [2.24, 2.45) is 0 Å². The Morgan fingerprint density at radius 2 is 1.71 bits per heavy atom. The van der Waals surface area contributed by atoms with Crippen LogP contribution >= 0.6 is 74.6 Å². The van der Waals surface area contributed by atoms with Crippen molar-refractivity contribution in [2.75, 3.05) is 10.6 Å². The van der Waals surface area contributed by atoms with Gasteiger partial charge in [-0.25, -0.2) is 0 Å². The van der Waals surface area contributed by atoms with Crippen molar-refractivity contribution >= 4 is 91.2 Å². The standard InChI is InChI=1S/C23H19BrCl4N6S/c1-12-21(13(2)34(31-12)10-15-4-5-16(25)8-19(15)27)29-23(35)30-22-17(24)11-33(32-22)9-14-3-6-18(26)20(28)7-14/h3-8,11H,9-10H2,1-2H3,(H2,29,30,32,35). The van der Waals surface area contributed by atoms with Crippen LogP contribution in [0.15, 0.2) is 47.1 Å². The summed E-state index contributed by atoms with van der Waals surface area (Å²) in [7, 11) is 0. The van der Waals surface area contributed by atoms with Crippen LogP contribution in [0.2, 0.25) is 20.1 Å². The molecule has 0 saturated carbocycles. The van der Waals surface area contributed by atoms with Gasteiger partial charge in [-0.05, 0) is 77.4 Å². The molecule has 0 aliphatic heterocycles. The van der Waals surface area contributed by atoms with Crippen molar-refractivity contribution < 1.29 is 0 Å². The van der Waals surface area contributed by atoms with E-state index in [0.717, 1.165) is 32.7 Å². The minimum Gasteiger partial charge on any atom is -0.329 e. The number of thiocarbonyl (C=S) groups is 1. The lowest BCUT2D eigenvalue weighted by Gasteiger charge is -2.11. The van der Waals surface area contributed by atoms with E-state index in [2.05, 4.69) is 36.8 Å². The van der Waals surface area contributed by atoms with Crippen molar-refractivity contribution in [1.29, 1.82) is 0 Å². The summed E-state index contributed by atoms with van der Waals surface area (Å²) in [6.45, 7) is 4.92. The van der Waals surface area contributed by atoms with Crippen LogP contribution in [-0.2, 0) is 13.1 Å². The summed E-state index contributed by atoms with van der Waals surface area (Å²) < 4.78 is 4.42. The van der Waals surface area contributed by atoms with E-state index < -0.39 is 0 Å². The lowest BCUT2D eigenvalue weighted by molar-refractivity contribution is 0.659. The third kappa shape index (κ3) is 6.31. The number of halogens is 5. The number of nitrogens with one attached hydrogen (secondary N) is 2. The normalized spacial score (nSPS) is 11.1. The first-order chi connectivity index (χ1) is 16.6. The maximum Gasteiger partial charge on any atom is 0.176 e. The lowest BCUT2D eigenvalue weighted by atomic mass is 10.2. The van der Waals surface area contributed by atoms with E-state index in [4.69, 9.17) is 58.6 Å². The topological polar surface area (TPSA) is 59.7 Å². The largest absolute Gasteiger partial charge is 0.329 e. The van der Waals surface area contributed by atoms with Gasteiger partial charge in [0, 0.05) is 16.2 Å². The predicted octanol–water partition coefficient (Wildman–Crippen LogP) is 7.98. The molecule has 0 amide bonds. The van der Waals surface area contributed by atoms with Gasteiger partial charge in [0.05, 0.1) is 44.7 Å². The molecule has 0 aliphatic rings. The van der Waals surface area contributed by atoms with E-state index >= 15 is 0 Å². The van der Waals surface area contributed by atoms with Crippen molar-refractivity contribution in [2.45, 2.75) is 26.9 Å². The van der Waals surface area contributed by atoms with Crippen molar-refractivity contribution in [3.63, 3.8) is 0 Å². The van der Waals surface area contributed by atoms with Crippen LogP contribution in [0, 0.1) is 13.8 Å². The molecule has 0 unspecified atom stereocenters. The summed E-state index contributed by atoms with van der Waals surface area (Å²) in [6, 6.07) is 10.9.